The maximum absolute atomic E-state index is 13.4. The summed E-state index contributed by atoms with van der Waals surface area (Å²) in [5.74, 6) is -0.303. The van der Waals surface area contributed by atoms with Gasteiger partial charge in [-0.25, -0.2) is 4.39 Å². The van der Waals surface area contributed by atoms with Crippen molar-refractivity contribution in [1.29, 1.82) is 0 Å². The van der Waals surface area contributed by atoms with Crippen LogP contribution in [0.5, 0.6) is 0 Å². The highest BCUT2D eigenvalue weighted by Gasteiger charge is 2.19. The Balaban J connectivity index is 2.22. The van der Waals surface area contributed by atoms with E-state index in [0.717, 1.165) is 6.54 Å². The van der Waals surface area contributed by atoms with Gasteiger partial charge in [-0.1, -0.05) is 0 Å². The fraction of sp³-hybridized carbons (Fsp3) is 0.444. The number of hydrogen-bond donors (Lipinski definition) is 1. The lowest BCUT2D eigenvalue weighted by molar-refractivity contribution is 0.0743. The van der Waals surface area contributed by atoms with E-state index in [0.29, 0.717) is 23.4 Å². The summed E-state index contributed by atoms with van der Waals surface area (Å²) in [6.45, 7) is 1.89. The molecule has 0 saturated carbocycles. The molecule has 5 heteroatoms. The third kappa shape index (κ3) is 2.10. The number of nitrogens with zero attached hydrogens (tertiary/aromatic N) is 1. The molecule has 0 aromatic carbocycles. The van der Waals surface area contributed by atoms with E-state index in [1.54, 1.807) is 6.20 Å². The van der Waals surface area contributed by atoms with Crippen LogP contribution in [0.2, 0.25) is 0 Å². The standard InChI is InChI=1S/C9H10BrFN2O/c10-6-3-7(11)9(13-4-6)8-5-14-2-1-12-8/h3-4,8,12H,1-2,5H2/t8-/m1/s1. The summed E-state index contributed by atoms with van der Waals surface area (Å²) in [6.07, 6.45) is 1.59. The van der Waals surface area contributed by atoms with Gasteiger partial charge < -0.3 is 10.1 Å². The molecule has 0 radical (unpaired) electrons. The summed E-state index contributed by atoms with van der Waals surface area (Å²) in [5, 5.41) is 3.15. The van der Waals surface area contributed by atoms with Gasteiger partial charge in [-0.3, -0.25) is 4.98 Å². The maximum atomic E-state index is 13.4. The molecule has 76 valence electrons. The zero-order valence-electron chi connectivity index (χ0n) is 7.46. The lowest BCUT2D eigenvalue weighted by Gasteiger charge is -2.23. The number of aromatic nitrogens is 1. The minimum atomic E-state index is -0.303. The highest BCUT2D eigenvalue weighted by molar-refractivity contribution is 9.10. The Morgan fingerprint density at radius 3 is 3.14 bits per heavy atom. The second-order valence-electron chi connectivity index (χ2n) is 3.10. The summed E-state index contributed by atoms with van der Waals surface area (Å²) >= 11 is 3.17. The zero-order chi connectivity index (χ0) is 9.97. The molecular weight excluding hydrogens is 251 g/mol. The monoisotopic (exact) mass is 260 g/mol. The van der Waals surface area contributed by atoms with E-state index < -0.39 is 0 Å². The quantitative estimate of drug-likeness (QED) is 0.834. The van der Waals surface area contributed by atoms with Crippen LogP contribution in [0, 0.1) is 5.82 Å². The van der Waals surface area contributed by atoms with Gasteiger partial charge in [0.1, 0.15) is 5.82 Å². The molecular formula is C9H10BrFN2O. The van der Waals surface area contributed by atoms with Crippen molar-refractivity contribution in [1.82, 2.24) is 10.3 Å². The van der Waals surface area contributed by atoms with Crippen LogP contribution in [0.3, 0.4) is 0 Å². The van der Waals surface area contributed by atoms with E-state index in [-0.39, 0.29) is 11.9 Å². The molecule has 1 fully saturated rings. The van der Waals surface area contributed by atoms with Crippen molar-refractivity contribution < 1.29 is 9.13 Å². The largest absolute Gasteiger partial charge is 0.378 e. The van der Waals surface area contributed by atoms with Crippen LogP contribution in [0.15, 0.2) is 16.7 Å². The molecule has 0 aliphatic carbocycles. The number of halogens is 2. The lowest BCUT2D eigenvalue weighted by Crippen LogP contribution is -2.35. The molecule has 1 saturated heterocycles. The molecule has 0 amide bonds. The van der Waals surface area contributed by atoms with Crippen LogP contribution < -0.4 is 5.32 Å². The summed E-state index contributed by atoms with van der Waals surface area (Å²) in [5.41, 5.74) is 0.424. The number of morpholine rings is 1. The van der Waals surface area contributed by atoms with Crippen LogP contribution in [-0.2, 0) is 4.74 Å². The summed E-state index contributed by atoms with van der Waals surface area (Å²) in [4.78, 5) is 4.04. The maximum Gasteiger partial charge on any atom is 0.147 e. The van der Waals surface area contributed by atoms with Crippen LogP contribution in [0.25, 0.3) is 0 Å². The van der Waals surface area contributed by atoms with E-state index in [1.165, 1.54) is 6.07 Å². The number of ether oxygens (including phenoxy) is 1. The molecule has 1 N–H and O–H groups in total. The number of pyridine rings is 1. The smallest absolute Gasteiger partial charge is 0.147 e. The van der Waals surface area contributed by atoms with Crippen molar-refractivity contribution in [2.24, 2.45) is 0 Å². The Bertz CT molecular complexity index is 329. The Hall–Kier alpha value is -0.520. The third-order valence-corrected chi connectivity index (χ3v) is 2.52. The minimum absolute atomic E-state index is 0.128. The fourth-order valence-electron chi connectivity index (χ4n) is 1.42. The molecule has 1 aliphatic heterocycles. The molecule has 2 rings (SSSR count). The zero-order valence-corrected chi connectivity index (χ0v) is 9.05. The number of nitrogens with one attached hydrogen (secondary N) is 1. The second kappa shape index (κ2) is 4.33. The Morgan fingerprint density at radius 1 is 1.64 bits per heavy atom. The van der Waals surface area contributed by atoms with Crippen LogP contribution >= 0.6 is 15.9 Å². The van der Waals surface area contributed by atoms with Crippen molar-refractivity contribution in [2.45, 2.75) is 6.04 Å². The van der Waals surface area contributed by atoms with Gasteiger partial charge in [-0.2, -0.15) is 0 Å². The third-order valence-electron chi connectivity index (χ3n) is 2.09. The van der Waals surface area contributed by atoms with Crippen molar-refractivity contribution >= 4 is 15.9 Å². The summed E-state index contributed by atoms with van der Waals surface area (Å²) < 4.78 is 19.3. The molecule has 0 unspecified atom stereocenters. The van der Waals surface area contributed by atoms with E-state index in [4.69, 9.17) is 4.74 Å². The SMILES string of the molecule is Fc1cc(Br)cnc1[C@H]1COCCN1. The first-order chi connectivity index (χ1) is 6.77. The van der Waals surface area contributed by atoms with Crippen molar-refractivity contribution in [3.8, 4) is 0 Å². The first-order valence-electron chi connectivity index (χ1n) is 4.39. The topological polar surface area (TPSA) is 34.1 Å². The van der Waals surface area contributed by atoms with Crippen LogP contribution in [0.4, 0.5) is 4.39 Å². The number of hydrogen-bond acceptors (Lipinski definition) is 3. The van der Waals surface area contributed by atoms with E-state index in [1.807, 2.05) is 0 Å². The molecule has 1 aliphatic rings. The van der Waals surface area contributed by atoms with Gasteiger partial charge in [-0.05, 0) is 22.0 Å². The number of rotatable bonds is 1. The van der Waals surface area contributed by atoms with Crippen LogP contribution in [0.1, 0.15) is 11.7 Å². The minimum Gasteiger partial charge on any atom is -0.378 e. The Labute approximate surface area is 89.8 Å². The van der Waals surface area contributed by atoms with E-state index in [9.17, 15) is 4.39 Å². The summed E-state index contributed by atoms with van der Waals surface area (Å²) in [6, 6.07) is 1.29. The van der Waals surface area contributed by atoms with Gasteiger partial charge >= 0.3 is 0 Å². The Morgan fingerprint density at radius 2 is 2.50 bits per heavy atom. The van der Waals surface area contributed by atoms with Crippen molar-refractivity contribution in [3.05, 3.63) is 28.2 Å². The fourth-order valence-corrected chi connectivity index (χ4v) is 1.73. The van der Waals surface area contributed by atoms with E-state index >= 15 is 0 Å². The van der Waals surface area contributed by atoms with E-state index in [2.05, 4.69) is 26.2 Å². The van der Waals surface area contributed by atoms with Gasteiger partial charge in [-0.15, -0.1) is 0 Å². The predicted octanol–water partition coefficient (Wildman–Crippen LogP) is 1.64. The Kier molecular flexibility index (Phi) is 3.10. The predicted molar refractivity (Wildman–Crippen MR) is 53.5 cm³/mol. The molecule has 14 heavy (non-hydrogen) atoms. The first-order valence-corrected chi connectivity index (χ1v) is 5.19. The van der Waals surface area contributed by atoms with Crippen molar-refractivity contribution in [3.63, 3.8) is 0 Å². The normalized spacial score (nSPS) is 22.3. The highest BCUT2D eigenvalue weighted by atomic mass is 79.9. The van der Waals surface area contributed by atoms with Gasteiger partial charge in [0.25, 0.3) is 0 Å². The molecule has 1 aromatic heterocycles. The second-order valence-corrected chi connectivity index (χ2v) is 4.02. The van der Waals surface area contributed by atoms with Gasteiger partial charge in [0.2, 0.25) is 0 Å². The molecule has 0 bridgehead atoms. The van der Waals surface area contributed by atoms with Crippen molar-refractivity contribution in [2.75, 3.05) is 19.8 Å². The first kappa shape index (κ1) is 10.0. The molecule has 1 aromatic rings. The van der Waals surface area contributed by atoms with Gasteiger partial charge in [0, 0.05) is 17.2 Å². The highest BCUT2D eigenvalue weighted by Crippen LogP contribution is 2.19. The van der Waals surface area contributed by atoms with Gasteiger partial charge in [0.05, 0.1) is 24.9 Å². The molecule has 3 nitrogen and oxygen atoms in total. The van der Waals surface area contributed by atoms with Gasteiger partial charge in [0.15, 0.2) is 0 Å². The molecule has 2 heterocycles. The molecule has 1 atom stereocenters. The average molecular weight is 261 g/mol. The molecule has 0 spiro atoms. The summed E-state index contributed by atoms with van der Waals surface area (Å²) in [7, 11) is 0. The lowest BCUT2D eigenvalue weighted by atomic mass is 10.2. The average Bonchev–Trinajstić information content (AvgIpc) is 2.19. The van der Waals surface area contributed by atoms with Crippen LogP contribution in [-0.4, -0.2) is 24.7 Å².